The van der Waals surface area contributed by atoms with Crippen LogP contribution < -0.4 is 4.74 Å². The Morgan fingerprint density at radius 3 is 2.48 bits per heavy atom. The van der Waals surface area contributed by atoms with Crippen molar-refractivity contribution >= 4 is 40.8 Å². The molecule has 1 heterocycles. The summed E-state index contributed by atoms with van der Waals surface area (Å²) < 4.78 is 5.19. The van der Waals surface area contributed by atoms with Crippen LogP contribution in [0.4, 0.5) is 4.79 Å². The Kier molecular flexibility index (Phi) is 4.29. The zero-order chi connectivity index (χ0) is 15.7. The van der Waals surface area contributed by atoms with E-state index in [2.05, 4.69) is 0 Å². The van der Waals surface area contributed by atoms with Gasteiger partial charge in [0, 0.05) is 5.56 Å². The lowest BCUT2D eigenvalue weighted by molar-refractivity contribution is -0.140. The van der Waals surface area contributed by atoms with Gasteiger partial charge >= 0.3 is 12.1 Å². The molecule has 1 atom stereocenters. The molecular formula is C13H11Cl2NO5. The first kappa shape index (κ1) is 15.5. The van der Waals surface area contributed by atoms with Crippen molar-refractivity contribution < 1.29 is 24.5 Å². The van der Waals surface area contributed by atoms with Crippen LogP contribution in [0.15, 0.2) is 18.2 Å². The molecule has 2 N–H and O–H groups in total. The molecule has 8 heteroatoms. The van der Waals surface area contributed by atoms with Crippen molar-refractivity contribution in [2.45, 2.75) is 6.04 Å². The molecule has 1 aliphatic heterocycles. The number of carboxylic acids is 1. The monoisotopic (exact) mass is 331 g/mol. The molecule has 0 saturated carbocycles. The number of amides is 1. The van der Waals surface area contributed by atoms with Gasteiger partial charge in [0.1, 0.15) is 5.75 Å². The van der Waals surface area contributed by atoms with E-state index in [-0.39, 0.29) is 16.6 Å². The quantitative estimate of drug-likeness (QED) is 0.889. The predicted octanol–water partition coefficient (Wildman–Crippen LogP) is 2.83. The van der Waals surface area contributed by atoms with Crippen LogP contribution in [-0.2, 0) is 4.79 Å². The van der Waals surface area contributed by atoms with Gasteiger partial charge in [0.05, 0.1) is 23.7 Å². The number of rotatable bonds is 3. The second-order valence-corrected chi connectivity index (χ2v) is 5.11. The van der Waals surface area contributed by atoms with E-state index in [1.807, 2.05) is 0 Å². The van der Waals surface area contributed by atoms with Gasteiger partial charge in [-0.2, -0.15) is 0 Å². The number of nitrogens with zero attached hydrogens (tertiary/aromatic N) is 1. The summed E-state index contributed by atoms with van der Waals surface area (Å²) in [7, 11) is 1.43. The van der Waals surface area contributed by atoms with E-state index >= 15 is 0 Å². The molecule has 0 aliphatic carbocycles. The Morgan fingerprint density at radius 2 is 2.00 bits per heavy atom. The lowest BCUT2D eigenvalue weighted by Crippen LogP contribution is -2.40. The minimum atomic E-state index is -1.33. The molecule has 112 valence electrons. The van der Waals surface area contributed by atoms with Crippen LogP contribution in [-0.4, -0.2) is 46.9 Å². The average Bonchev–Trinajstić information content (AvgIpc) is 2.86. The summed E-state index contributed by atoms with van der Waals surface area (Å²) in [6.07, 6.45) is 0.00188. The number of halogens is 2. The second-order valence-electron chi connectivity index (χ2n) is 4.32. The Balaban J connectivity index is 2.53. The summed E-state index contributed by atoms with van der Waals surface area (Å²) in [5.74, 6) is -0.864. The number of ether oxygens (including phenoxy) is 1. The lowest BCUT2D eigenvalue weighted by atomic mass is 10.0. The van der Waals surface area contributed by atoms with E-state index in [4.69, 9.17) is 38.2 Å². The van der Waals surface area contributed by atoms with Crippen LogP contribution in [0.3, 0.4) is 0 Å². The second kappa shape index (κ2) is 5.83. The summed E-state index contributed by atoms with van der Waals surface area (Å²) in [6, 6.07) is 1.87. The third kappa shape index (κ3) is 2.77. The largest absolute Gasteiger partial charge is 0.496 e. The highest BCUT2D eigenvalue weighted by atomic mass is 35.5. The van der Waals surface area contributed by atoms with Crippen molar-refractivity contribution in [2.24, 2.45) is 0 Å². The minimum Gasteiger partial charge on any atom is -0.496 e. The SMILES string of the molecule is COc1ccc(Cl)c(Cl)c1C1=C[C@@H](C(=O)O)N(C(=O)O)C1. The number of carbonyl (C=O) groups is 2. The van der Waals surface area contributed by atoms with Gasteiger partial charge in [0.15, 0.2) is 6.04 Å². The van der Waals surface area contributed by atoms with Gasteiger partial charge < -0.3 is 14.9 Å². The minimum absolute atomic E-state index is 0.108. The number of aliphatic carboxylic acids is 1. The van der Waals surface area contributed by atoms with Crippen LogP contribution in [0.2, 0.25) is 10.0 Å². The number of methoxy groups -OCH3 is 1. The molecule has 1 amide bonds. The van der Waals surface area contributed by atoms with Crippen LogP contribution in [0.25, 0.3) is 5.57 Å². The fraction of sp³-hybridized carbons (Fsp3) is 0.231. The molecule has 0 aromatic heterocycles. The Morgan fingerprint density at radius 1 is 1.33 bits per heavy atom. The van der Waals surface area contributed by atoms with E-state index in [0.717, 1.165) is 4.90 Å². The van der Waals surface area contributed by atoms with Gasteiger partial charge in [0.25, 0.3) is 0 Å². The summed E-state index contributed by atoms with van der Waals surface area (Å²) in [4.78, 5) is 23.1. The normalized spacial score (nSPS) is 17.6. The molecule has 1 aliphatic rings. The standard InChI is InChI=1S/C13H11Cl2NO5/c1-21-9-3-2-7(14)11(15)10(9)6-4-8(12(17)18)16(5-6)13(19)20/h2-4,8H,5H2,1H3,(H,17,18)(H,19,20)/t8-/m0/s1. The van der Waals surface area contributed by atoms with Crippen molar-refractivity contribution in [2.75, 3.05) is 13.7 Å². The molecule has 0 bridgehead atoms. The molecule has 1 aromatic carbocycles. The van der Waals surface area contributed by atoms with Crippen molar-refractivity contribution in [1.29, 1.82) is 0 Å². The molecule has 0 saturated heterocycles. The van der Waals surface area contributed by atoms with Crippen molar-refractivity contribution in [3.05, 3.63) is 33.8 Å². The first-order valence-corrected chi connectivity index (χ1v) is 6.57. The number of carboxylic acid groups (broad SMARTS) is 2. The predicted molar refractivity (Wildman–Crippen MR) is 77.1 cm³/mol. The molecule has 2 rings (SSSR count). The summed E-state index contributed by atoms with van der Waals surface area (Å²) in [5, 5.41) is 18.7. The summed E-state index contributed by atoms with van der Waals surface area (Å²) in [6.45, 7) is -0.108. The maximum Gasteiger partial charge on any atom is 0.408 e. The Bertz CT molecular complexity index is 644. The molecule has 0 radical (unpaired) electrons. The molecule has 21 heavy (non-hydrogen) atoms. The molecule has 6 nitrogen and oxygen atoms in total. The van der Waals surface area contributed by atoms with Gasteiger partial charge in [-0.15, -0.1) is 0 Å². The lowest BCUT2D eigenvalue weighted by Gasteiger charge is -2.18. The van der Waals surface area contributed by atoms with Gasteiger partial charge in [0.2, 0.25) is 0 Å². The van der Waals surface area contributed by atoms with E-state index in [0.29, 0.717) is 16.9 Å². The van der Waals surface area contributed by atoms with E-state index in [1.54, 1.807) is 12.1 Å². The number of benzene rings is 1. The third-order valence-electron chi connectivity index (χ3n) is 3.13. The van der Waals surface area contributed by atoms with E-state index in [9.17, 15) is 9.59 Å². The number of hydrogen-bond donors (Lipinski definition) is 2. The highest BCUT2D eigenvalue weighted by Gasteiger charge is 2.35. The third-order valence-corrected chi connectivity index (χ3v) is 3.94. The van der Waals surface area contributed by atoms with Crippen LogP contribution in [0.5, 0.6) is 5.75 Å². The summed E-state index contributed by atoms with van der Waals surface area (Å²) >= 11 is 12.1. The maximum absolute atomic E-state index is 11.2. The molecule has 0 unspecified atom stereocenters. The van der Waals surface area contributed by atoms with Crippen LogP contribution >= 0.6 is 23.2 Å². The Hall–Kier alpha value is -1.92. The molecule has 0 spiro atoms. The first-order chi connectivity index (χ1) is 9.86. The van der Waals surface area contributed by atoms with Gasteiger partial charge in [-0.05, 0) is 23.8 Å². The maximum atomic E-state index is 11.2. The van der Waals surface area contributed by atoms with Crippen molar-refractivity contribution in [3.63, 3.8) is 0 Å². The zero-order valence-electron chi connectivity index (χ0n) is 10.8. The van der Waals surface area contributed by atoms with Crippen LogP contribution in [0.1, 0.15) is 5.56 Å². The Labute approximate surface area is 130 Å². The average molecular weight is 332 g/mol. The molecule has 0 fully saturated rings. The van der Waals surface area contributed by atoms with Gasteiger partial charge in [-0.25, -0.2) is 9.59 Å². The number of hydrogen-bond acceptors (Lipinski definition) is 3. The topological polar surface area (TPSA) is 87.1 Å². The smallest absolute Gasteiger partial charge is 0.408 e. The highest BCUT2D eigenvalue weighted by molar-refractivity contribution is 6.43. The van der Waals surface area contributed by atoms with Gasteiger partial charge in [-0.1, -0.05) is 23.2 Å². The van der Waals surface area contributed by atoms with Crippen molar-refractivity contribution in [1.82, 2.24) is 4.90 Å². The fourth-order valence-electron chi connectivity index (χ4n) is 2.17. The highest BCUT2D eigenvalue weighted by Crippen LogP contribution is 2.40. The van der Waals surface area contributed by atoms with E-state index < -0.39 is 18.1 Å². The van der Waals surface area contributed by atoms with Gasteiger partial charge in [-0.3, -0.25) is 4.90 Å². The van der Waals surface area contributed by atoms with Crippen molar-refractivity contribution in [3.8, 4) is 5.75 Å². The van der Waals surface area contributed by atoms with E-state index in [1.165, 1.54) is 13.2 Å². The fourth-order valence-corrected chi connectivity index (χ4v) is 2.61. The first-order valence-electron chi connectivity index (χ1n) is 5.82. The zero-order valence-corrected chi connectivity index (χ0v) is 12.4. The molecular weight excluding hydrogens is 321 g/mol. The van der Waals surface area contributed by atoms with Crippen LogP contribution in [0, 0.1) is 0 Å². The summed E-state index contributed by atoms with van der Waals surface area (Å²) in [5.41, 5.74) is 0.843. The molecule has 1 aromatic rings.